The summed E-state index contributed by atoms with van der Waals surface area (Å²) in [5, 5.41) is 14.5. The van der Waals surface area contributed by atoms with Crippen LogP contribution in [-0.2, 0) is 11.3 Å². The van der Waals surface area contributed by atoms with Crippen molar-refractivity contribution < 1.29 is 19.1 Å². The third-order valence-corrected chi connectivity index (χ3v) is 5.55. The SMILES string of the molecule is COC(=O)c1ccccc1Cn1nc(C)c(NC(=O)c2cc(-c3cccc(OC)c3)n[nH]2)c1C. The molecule has 0 saturated carbocycles. The van der Waals surface area contributed by atoms with E-state index >= 15 is 0 Å². The minimum Gasteiger partial charge on any atom is -0.497 e. The van der Waals surface area contributed by atoms with Crippen molar-refractivity contribution in [1.29, 1.82) is 0 Å². The Morgan fingerprint density at radius 1 is 1.06 bits per heavy atom. The maximum Gasteiger partial charge on any atom is 0.338 e. The Morgan fingerprint density at radius 2 is 1.85 bits per heavy atom. The van der Waals surface area contributed by atoms with E-state index in [-0.39, 0.29) is 5.91 Å². The van der Waals surface area contributed by atoms with Gasteiger partial charge in [-0.2, -0.15) is 10.2 Å². The standard InChI is InChI=1S/C25H25N5O4/c1-15-23(16(2)30(29-15)14-18-8-5-6-11-20(18)25(32)34-4)26-24(31)22-13-21(27-28-22)17-9-7-10-19(12-17)33-3/h5-13H,14H2,1-4H3,(H,26,31)(H,27,28). The molecule has 2 N–H and O–H groups in total. The summed E-state index contributed by atoms with van der Waals surface area (Å²) < 4.78 is 11.9. The Kier molecular flexibility index (Phi) is 6.44. The van der Waals surface area contributed by atoms with E-state index in [0.29, 0.717) is 40.6 Å². The normalized spacial score (nSPS) is 10.7. The zero-order chi connectivity index (χ0) is 24.2. The maximum atomic E-state index is 12.9. The van der Waals surface area contributed by atoms with E-state index in [9.17, 15) is 9.59 Å². The van der Waals surface area contributed by atoms with Gasteiger partial charge in [0.05, 0.1) is 49.1 Å². The molecule has 1 amide bonds. The molecular weight excluding hydrogens is 434 g/mol. The molecule has 0 aliphatic heterocycles. The molecule has 2 aromatic carbocycles. The number of hydrogen-bond acceptors (Lipinski definition) is 6. The van der Waals surface area contributed by atoms with E-state index in [1.165, 1.54) is 7.11 Å². The highest BCUT2D eigenvalue weighted by Crippen LogP contribution is 2.25. The Hall–Kier alpha value is -4.40. The average molecular weight is 460 g/mol. The van der Waals surface area contributed by atoms with Crippen LogP contribution in [0.4, 0.5) is 5.69 Å². The molecule has 0 unspecified atom stereocenters. The number of ether oxygens (including phenoxy) is 2. The lowest BCUT2D eigenvalue weighted by Crippen LogP contribution is -2.14. The van der Waals surface area contributed by atoms with Gasteiger partial charge in [0.15, 0.2) is 0 Å². The summed E-state index contributed by atoms with van der Waals surface area (Å²) in [6, 6.07) is 16.3. The van der Waals surface area contributed by atoms with Crippen molar-refractivity contribution >= 4 is 17.6 Å². The Morgan fingerprint density at radius 3 is 2.62 bits per heavy atom. The molecular formula is C25H25N5O4. The van der Waals surface area contributed by atoms with Crippen molar-refractivity contribution in [2.45, 2.75) is 20.4 Å². The number of carbonyl (C=O) groups excluding carboxylic acids is 2. The molecule has 9 nitrogen and oxygen atoms in total. The summed E-state index contributed by atoms with van der Waals surface area (Å²) in [5.41, 5.74) is 5.07. The van der Waals surface area contributed by atoms with Crippen LogP contribution in [0.5, 0.6) is 5.75 Å². The van der Waals surface area contributed by atoms with Crippen molar-refractivity contribution in [2.24, 2.45) is 0 Å². The second kappa shape index (κ2) is 9.62. The molecule has 0 fully saturated rings. The maximum absolute atomic E-state index is 12.9. The molecule has 0 aliphatic rings. The number of aromatic amines is 1. The fraction of sp³-hybridized carbons (Fsp3) is 0.200. The van der Waals surface area contributed by atoms with Gasteiger partial charge in [-0.15, -0.1) is 0 Å². The summed E-state index contributed by atoms with van der Waals surface area (Å²) in [6.45, 7) is 4.04. The third kappa shape index (κ3) is 4.54. The number of methoxy groups -OCH3 is 2. The van der Waals surface area contributed by atoms with Crippen LogP contribution in [0.1, 0.15) is 37.8 Å². The van der Waals surface area contributed by atoms with Gasteiger partial charge in [0, 0.05) is 5.56 Å². The fourth-order valence-electron chi connectivity index (χ4n) is 3.71. The smallest absolute Gasteiger partial charge is 0.338 e. The van der Waals surface area contributed by atoms with E-state index in [0.717, 1.165) is 16.8 Å². The topological polar surface area (TPSA) is 111 Å². The molecule has 4 aromatic rings. The van der Waals surface area contributed by atoms with Gasteiger partial charge < -0.3 is 14.8 Å². The number of rotatable bonds is 7. The second-order valence-corrected chi connectivity index (χ2v) is 7.71. The van der Waals surface area contributed by atoms with Crippen molar-refractivity contribution in [2.75, 3.05) is 19.5 Å². The first kappa shape index (κ1) is 22.8. The van der Waals surface area contributed by atoms with E-state index in [1.807, 2.05) is 50.2 Å². The molecule has 0 spiro atoms. The number of carbonyl (C=O) groups is 2. The predicted molar refractivity (Wildman–Crippen MR) is 127 cm³/mol. The van der Waals surface area contributed by atoms with Gasteiger partial charge in [0.1, 0.15) is 11.4 Å². The van der Waals surface area contributed by atoms with E-state index in [1.54, 1.807) is 30.0 Å². The molecule has 0 bridgehead atoms. The number of esters is 1. The molecule has 34 heavy (non-hydrogen) atoms. The minimum absolute atomic E-state index is 0.320. The molecule has 0 radical (unpaired) electrons. The number of anilines is 1. The van der Waals surface area contributed by atoms with Gasteiger partial charge in [-0.3, -0.25) is 14.6 Å². The van der Waals surface area contributed by atoms with Crippen molar-refractivity contribution in [3.05, 3.63) is 82.8 Å². The molecule has 0 atom stereocenters. The van der Waals surface area contributed by atoms with Crippen LogP contribution in [0.25, 0.3) is 11.3 Å². The Bertz CT molecular complexity index is 1360. The highest BCUT2D eigenvalue weighted by molar-refractivity contribution is 6.04. The van der Waals surface area contributed by atoms with Crippen molar-refractivity contribution in [3.63, 3.8) is 0 Å². The Labute approximate surface area is 196 Å². The number of H-pyrrole nitrogens is 1. The van der Waals surface area contributed by atoms with E-state index < -0.39 is 5.97 Å². The van der Waals surface area contributed by atoms with Crippen molar-refractivity contribution in [1.82, 2.24) is 20.0 Å². The van der Waals surface area contributed by atoms with Gasteiger partial charge in [0.2, 0.25) is 0 Å². The zero-order valence-electron chi connectivity index (χ0n) is 19.4. The number of aryl methyl sites for hydroxylation is 1. The van der Waals surface area contributed by atoms with Gasteiger partial charge in [-0.1, -0.05) is 30.3 Å². The van der Waals surface area contributed by atoms with Crippen LogP contribution >= 0.6 is 0 Å². The molecule has 2 heterocycles. The third-order valence-electron chi connectivity index (χ3n) is 5.55. The lowest BCUT2D eigenvalue weighted by atomic mass is 10.1. The summed E-state index contributed by atoms with van der Waals surface area (Å²) in [5.74, 6) is -0.0296. The number of hydrogen-bond donors (Lipinski definition) is 2. The average Bonchev–Trinajstić information content (AvgIpc) is 3.45. The van der Waals surface area contributed by atoms with Crippen LogP contribution in [0.2, 0.25) is 0 Å². The van der Waals surface area contributed by atoms with Gasteiger partial charge in [-0.05, 0) is 43.7 Å². The number of amides is 1. The molecule has 0 aliphatic carbocycles. The molecule has 174 valence electrons. The molecule has 9 heteroatoms. The number of nitrogens with one attached hydrogen (secondary N) is 2. The summed E-state index contributed by atoms with van der Waals surface area (Å²) >= 11 is 0. The van der Waals surface area contributed by atoms with Crippen LogP contribution in [-0.4, -0.2) is 46.1 Å². The number of aromatic nitrogens is 4. The predicted octanol–water partition coefficient (Wildman–Crippen LogP) is 3.99. The quantitative estimate of drug-likeness (QED) is 0.404. The largest absolute Gasteiger partial charge is 0.497 e. The lowest BCUT2D eigenvalue weighted by molar-refractivity contribution is 0.0599. The monoisotopic (exact) mass is 459 g/mol. The minimum atomic E-state index is -0.406. The first-order valence-corrected chi connectivity index (χ1v) is 10.6. The van der Waals surface area contributed by atoms with Gasteiger partial charge in [-0.25, -0.2) is 4.79 Å². The Balaban J connectivity index is 1.54. The van der Waals surface area contributed by atoms with Crippen LogP contribution in [0, 0.1) is 13.8 Å². The summed E-state index contributed by atoms with van der Waals surface area (Å²) in [6.07, 6.45) is 0. The van der Waals surface area contributed by atoms with Crippen LogP contribution in [0.3, 0.4) is 0 Å². The highest BCUT2D eigenvalue weighted by atomic mass is 16.5. The van der Waals surface area contributed by atoms with Crippen LogP contribution in [0.15, 0.2) is 54.6 Å². The van der Waals surface area contributed by atoms with Crippen molar-refractivity contribution in [3.8, 4) is 17.0 Å². The van der Waals surface area contributed by atoms with E-state index in [4.69, 9.17) is 9.47 Å². The zero-order valence-corrected chi connectivity index (χ0v) is 19.4. The van der Waals surface area contributed by atoms with Gasteiger partial charge in [0.25, 0.3) is 5.91 Å². The first-order chi connectivity index (χ1) is 16.4. The van der Waals surface area contributed by atoms with Gasteiger partial charge >= 0.3 is 5.97 Å². The second-order valence-electron chi connectivity index (χ2n) is 7.71. The van der Waals surface area contributed by atoms with E-state index in [2.05, 4.69) is 20.6 Å². The molecule has 4 rings (SSSR count). The highest BCUT2D eigenvalue weighted by Gasteiger charge is 2.19. The molecule has 0 saturated heterocycles. The number of nitrogens with zero attached hydrogens (tertiary/aromatic N) is 3. The molecule has 2 aromatic heterocycles. The lowest BCUT2D eigenvalue weighted by Gasteiger charge is -2.10. The number of benzene rings is 2. The summed E-state index contributed by atoms with van der Waals surface area (Å²) in [4.78, 5) is 25.0. The first-order valence-electron chi connectivity index (χ1n) is 10.6. The summed E-state index contributed by atoms with van der Waals surface area (Å²) in [7, 11) is 2.95. The fourth-order valence-corrected chi connectivity index (χ4v) is 3.71. The van der Waals surface area contributed by atoms with Crippen LogP contribution < -0.4 is 10.1 Å².